The smallest absolute Gasteiger partial charge is 0.217 e. The van der Waals surface area contributed by atoms with Gasteiger partial charge in [-0.05, 0) is 6.92 Å². The second-order valence-electron chi connectivity index (χ2n) is 3.47. The van der Waals surface area contributed by atoms with Crippen molar-refractivity contribution in [1.82, 2.24) is 15.5 Å². The Hall–Kier alpha value is -1.36. The van der Waals surface area contributed by atoms with Gasteiger partial charge in [0.1, 0.15) is 0 Å². The zero-order valence-electron chi connectivity index (χ0n) is 8.26. The van der Waals surface area contributed by atoms with Crippen molar-refractivity contribution in [2.45, 2.75) is 26.5 Å². The SMILES string of the molecule is CC(=O)NC1COCc2c(C)n[nH]c21. The van der Waals surface area contributed by atoms with Gasteiger partial charge in [-0.15, -0.1) is 0 Å². The van der Waals surface area contributed by atoms with Crippen LogP contribution in [-0.4, -0.2) is 22.7 Å². The number of H-pyrrole nitrogens is 1. The first-order chi connectivity index (χ1) is 6.68. The summed E-state index contributed by atoms with van der Waals surface area (Å²) in [6, 6.07) is -0.0857. The highest BCUT2D eigenvalue weighted by Gasteiger charge is 2.24. The second kappa shape index (κ2) is 3.42. The summed E-state index contributed by atoms with van der Waals surface area (Å²) < 4.78 is 5.37. The molecule has 1 aliphatic heterocycles. The van der Waals surface area contributed by atoms with Gasteiger partial charge in [0.2, 0.25) is 5.91 Å². The summed E-state index contributed by atoms with van der Waals surface area (Å²) in [7, 11) is 0. The van der Waals surface area contributed by atoms with Crippen LogP contribution < -0.4 is 5.32 Å². The number of rotatable bonds is 1. The van der Waals surface area contributed by atoms with E-state index in [2.05, 4.69) is 15.5 Å². The molecular formula is C9H13N3O2. The molecule has 0 aromatic carbocycles. The molecule has 76 valence electrons. The molecular weight excluding hydrogens is 182 g/mol. The molecule has 0 saturated carbocycles. The first-order valence-electron chi connectivity index (χ1n) is 4.57. The number of carbonyl (C=O) groups excluding carboxylic acids is 1. The third-order valence-electron chi connectivity index (χ3n) is 2.36. The molecule has 0 aliphatic carbocycles. The Bertz CT molecular complexity index is 359. The standard InChI is InChI=1S/C9H13N3O2/c1-5-7-3-14-4-8(10-6(2)13)9(7)12-11-5/h8H,3-4H2,1-2H3,(H,10,13)(H,11,12). The number of fused-ring (bicyclic) bond motifs is 1. The van der Waals surface area contributed by atoms with Gasteiger partial charge in [-0.25, -0.2) is 0 Å². The third kappa shape index (κ3) is 1.50. The molecule has 1 aliphatic rings. The highest BCUT2D eigenvalue weighted by molar-refractivity contribution is 5.73. The Morgan fingerprint density at radius 1 is 1.71 bits per heavy atom. The molecule has 1 amide bonds. The maximum absolute atomic E-state index is 10.9. The summed E-state index contributed by atoms with van der Waals surface area (Å²) in [6.07, 6.45) is 0. The predicted molar refractivity (Wildman–Crippen MR) is 49.5 cm³/mol. The van der Waals surface area contributed by atoms with Gasteiger partial charge in [0.15, 0.2) is 0 Å². The van der Waals surface area contributed by atoms with Gasteiger partial charge in [-0.1, -0.05) is 0 Å². The van der Waals surface area contributed by atoms with Crippen molar-refractivity contribution in [3.8, 4) is 0 Å². The van der Waals surface area contributed by atoms with Crippen molar-refractivity contribution < 1.29 is 9.53 Å². The number of carbonyl (C=O) groups is 1. The number of hydrogen-bond donors (Lipinski definition) is 2. The Morgan fingerprint density at radius 2 is 2.50 bits per heavy atom. The van der Waals surface area contributed by atoms with Crippen LogP contribution in [0.15, 0.2) is 0 Å². The number of aryl methyl sites for hydroxylation is 1. The number of amides is 1. The fraction of sp³-hybridized carbons (Fsp3) is 0.556. The van der Waals surface area contributed by atoms with Gasteiger partial charge < -0.3 is 10.1 Å². The molecule has 0 spiro atoms. The normalized spacial score (nSPS) is 20.3. The maximum atomic E-state index is 10.9. The Morgan fingerprint density at radius 3 is 3.21 bits per heavy atom. The van der Waals surface area contributed by atoms with E-state index in [-0.39, 0.29) is 11.9 Å². The van der Waals surface area contributed by atoms with E-state index < -0.39 is 0 Å². The minimum Gasteiger partial charge on any atom is -0.374 e. The lowest BCUT2D eigenvalue weighted by Gasteiger charge is -2.22. The summed E-state index contributed by atoms with van der Waals surface area (Å²) in [6.45, 7) is 4.51. The molecule has 5 nitrogen and oxygen atoms in total. The average molecular weight is 195 g/mol. The van der Waals surface area contributed by atoms with Crippen LogP contribution in [0, 0.1) is 6.92 Å². The van der Waals surface area contributed by atoms with Crippen molar-refractivity contribution in [3.05, 3.63) is 17.0 Å². The van der Waals surface area contributed by atoms with E-state index in [1.807, 2.05) is 6.92 Å². The topological polar surface area (TPSA) is 67.0 Å². The van der Waals surface area contributed by atoms with Crippen LogP contribution in [0.4, 0.5) is 0 Å². The summed E-state index contributed by atoms with van der Waals surface area (Å²) >= 11 is 0. The third-order valence-corrected chi connectivity index (χ3v) is 2.36. The number of hydrogen-bond acceptors (Lipinski definition) is 3. The van der Waals surface area contributed by atoms with Crippen LogP contribution in [0.1, 0.15) is 29.9 Å². The van der Waals surface area contributed by atoms with E-state index in [0.29, 0.717) is 13.2 Å². The van der Waals surface area contributed by atoms with Crippen molar-refractivity contribution in [1.29, 1.82) is 0 Å². The molecule has 1 unspecified atom stereocenters. The zero-order chi connectivity index (χ0) is 10.1. The summed E-state index contributed by atoms with van der Waals surface area (Å²) in [5, 5.41) is 9.85. The molecule has 2 N–H and O–H groups in total. The second-order valence-corrected chi connectivity index (χ2v) is 3.47. The van der Waals surface area contributed by atoms with Crippen LogP contribution in [0.25, 0.3) is 0 Å². The highest BCUT2D eigenvalue weighted by Crippen LogP contribution is 2.24. The molecule has 2 rings (SSSR count). The summed E-state index contributed by atoms with van der Waals surface area (Å²) in [5.41, 5.74) is 2.98. The largest absolute Gasteiger partial charge is 0.374 e. The van der Waals surface area contributed by atoms with E-state index in [0.717, 1.165) is 17.0 Å². The summed E-state index contributed by atoms with van der Waals surface area (Å²) in [4.78, 5) is 10.9. The molecule has 1 aromatic rings. The van der Waals surface area contributed by atoms with E-state index >= 15 is 0 Å². The Labute approximate surface area is 81.8 Å². The lowest BCUT2D eigenvalue weighted by Crippen LogP contribution is -2.32. The van der Waals surface area contributed by atoms with E-state index in [1.54, 1.807) is 0 Å². The predicted octanol–water partition coefficient (Wildman–Crippen LogP) is 0.426. The van der Waals surface area contributed by atoms with E-state index in [4.69, 9.17) is 4.74 Å². The lowest BCUT2D eigenvalue weighted by molar-refractivity contribution is -0.120. The van der Waals surface area contributed by atoms with Crippen LogP contribution in [0.5, 0.6) is 0 Å². The monoisotopic (exact) mass is 195 g/mol. The molecule has 0 radical (unpaired) electrons. The number of aromatic amines is 1. The van der Waals surface area contributed by atoms with Crippen molar-refractivity contribution in [2.24, 2.45) is 0 Å². The minimum absolute atomic E-state index is 0.0568. The maximum Gasteiger partial charge on any atom is 0.217 e. The van der Waals surface area contributed by atoms with Gasteiger partial charge in [-0.3, -0.25) is 9.89 Å². The van der Waals surface area contributed by atoms with Gasteiger partial charge in [0.25, 0.3) is 0 Å². The number of nitrogens with zero attached hydrogens (tertiary/aromatic N) is 1. The van der Waals surface area contributed by atoms with Gasteiger partial charge in [0.05, 0.1) is 30.6 Å². The molecule has 1 atom stereocenters. The Kier molecular flexibility index (Phi) is 2.25. The number of ether oxygens (including phenoxy) is 1. The van der Waals surface area contributed by atoms with Crippen LogP contribution in [-0.2, 0) is 16.1 Å². The van der Waals surface area contributed by atoms with Gasteiger partial charge >= 0.3 is 0 Å². The molecule has 14 heavy (non-hydrogen) atoms. The lowest BCUT2D eigenvalue weighted by atomic mass is 10.1. The van der Waals surface area contributed by atoms with Crippen molar-refractivity contribution in [2.75, 3.05) is 6.61 Å². The van der Waals surface area contributed by atoms with E-state index in [9.17, 15) is 4.79 Å². The minimum atomic E-state index is -0.0857. The number of aromatic nitrogens is 2. The van der Waals surface area contributed by atoms with Crippen molar-refractivity contribution in [3.63, 3.8) is 0 Å². The zero-order valence-corrected chi connectivity index (χ0v) is 8.26. The van der Waals surface area contributed by atoms with Gasteiger partial charge in [-0.2, -0.15) is 5.10 Å². The quantitative estimate of drug-likeness (QED) is 0.682. The van der Waals surface area contributed by atoms with Crippen LogP contribution in [0.3, 0.4) is 0 Å². The van der Waals surface area contributed by atoms with Gasteiger partial charge in [0, 0.05) is 12.5 Å². The molecule has 0 fully saturated rings. The molecule has 0 bridgehead atoms. The number of nitrogens with one attached hydrogen (secondary N) is 2. The van der Waals surface area contributed by atoms with Crippen molar-refractivity contribution >= 4 is 5.91 Å². The summed E-state index contributed by atoms with van der Waals surface area (Å²) in [5.74, 6) is -0.0568. The molecule has 1 aromatic heterocycles. The molecule has 0 saturated heterocycles. The fourth-order valence-electron chi connectivity index (χ4n) is 1.67. The first kappa shape index (κ1) is 9.21. The molecule has 5 heteroatoms. The average Bonchev–Trinajstić information content (AvgIpc) is 2.49. The first-order valence-corrected chi connectivity index (χ1v) is 4.57. The van der Waals surface area contributed by atoms with E-state index in [1.165, 1.54) is 6.92 Å². The Balaban J connectivity index is 2.27. The molecule has 2 heterocycles. The van der Waals surface area contributed by atoms with Crippen LogP contribution >= 0.6 is 0 Å². The fourth-order valence-corrected chi connectivity index (χ4v) is 1.67. The highest BCUT2D eigenvalue weighted by atomic mass is 16.5. The van der Waals surface area contributed by atoms with Crippen LogP contribution in [0.2, 0.25) is 0 Å².